The number of H-pyrrole nitrogens is 2. The zero-order chi connectivity index (χ0) is 12.2. The van der Waals surface area contributed by atoms with Crippen LogP contribution in [0, 0.1) is 6.92 Å². The third-order valence-corrected chi connectivity index (χ3v) is 3.17. The van der Waals surface area contributed by atoms with Crippen molar-refractivity contribution in [1.29, 1.82) is 0 Å². The molecule has 0 saturated heterocycles. The van der Waals surface area contributed by atoms with Crippen LogP contribution in [0.4, 0.5) is 0 Å². The van der Waals surface area contributed by atoms with Crippen LogP contribution in [-0.4, -0.2) is 9.97 Å². The third kappa shape index (κ3) is 1.44. The summed E-state index contributed by atoms with van der Waals surface area (Å²) in [5, 5.41) is 1.11. The molecule has 6 heteroatoms. The van der Waals surface area contributed by atoms with Crippen molar-refractivity contribution in [3.63, 3.8) is 0 Å². The molecule has 0 saturated carbocycles. The number of aromatic amines is 2. The molecule has 3 rings (SSSR count). The van der Waals surface area contributed by atoms with Crippen molar-refractivity contribution in [2.45, 2.75) is 6.92 Å². The maximum absolute atomic E-state index is 11.8. The standard InChI is InChI=1S/C11H7BrN2O3/c1-4-2-5-8-7(3-6(12)9(5)17-4)13-11(16)14-10(8)15/h2-3H,1H3,(H2,13,14,15,16). The molecule has 3 aromatic rings. The van der Waals surface area contributed by atoms with Gasteiger partial charge in [0.1, 0.15) is 11.3 Å². The van der Waals surface area contributed by atoms with Gasteiger partial charge in [-0.25, -0.2) is 4.79 Å². The summed E-state index contributed by atoms with van der Waals surface area (Å²) in [6.45, 7) is 1.80. The lowest BCUT2D eigenvalue weighted by Crippen LogP contribution is -2.21. The first kappa shape index (κ1) is 10.3. The highest BCUT2D eigenvalue weighted by Gasteiger charge is 2.12. The Hall–Kier alpha value is -1.82. The predicted molar refractivity (Wildman–Crippen MR) is 67.4 cm³/mol. The fraction of sp³-hybridized carbons (Fsp3) is 0.0909. The van der Waals surface area contributed by atoms with E-state index in [-0.39, 0.29) is 0 Å². The first-order valence-corrected chi connectivity index (χ1v) is 5.70. The van der Waals surface area contributed by atoms with Gasteiger partial charge in [0.15, 0.2) is 0 Å². The molecule has 86 valence electrons. The second-order valence-corrected chi connectivity index (χ2v) is 4.64. The van der Waals surface area contributed by atoms with E-state index in [0.29, 0.717) is 32.1 Å². The molecule has 0 atom stereocenters. The van der Waals surface area contributed by atoms with Crippen molar-refractivity contribution in [2.75, 3.05) is 0 Å². The van der Waals surface area contributed by atoms with Crippen LogP contribution in [0.3, 0.4) is 0 Å². The van der Waals surface area contributed by atoms with Crippen molar-refractivity contribution in [3.8, 4) is 0 Å². The highest BCUT2D eigenvalue weighted by atomic mass is 79.9. The van der Waals surface area contributed by atoms with Crippen LogP contribution in [-0.2, 0) is 0 Å². The first-order valence-electron chi connectivity index (χ1n) is 4.91. The number of halogens is 1. The van der Waals surface area contributed by atoms with Crippen LogP contribution in [0.25, 0.3) is 21.9 Å². The van der Waals surface area contributed by atoms with Gasteiger partial charge in [0.2, 0.25) is 0 Å². The van der Waals surface area contributed by atoms with Crippen molar-refractivity contribution in [1.82, 2.24) is 9.97 Å². The minimum absolute atomic E-state index is 0.415. The number of fused-ring (bicyclic) bond motifs is 3. The summed E-state index contributed by atoms with van der Waals surface area (Å²) in [5.41, 5.74) is 0.155. The quantitative estimate of drug-likeness (QED) is 0.666. The number of nitrogens with one attached hydrogen (secondary N) is 2. The zero-order valence-electron chi connectivity index (χ0n) is 8.76. The topological polar surface area (TPSA) is 78.9 Å². The van der Waals surface area contributed by atoms with Gasteiger partial charge >= 0.3 is 5.69 Å². The molecular weight excluding hydrogens is 288 g/mol. The molecule has 2 N–H and O–H groups in total. The van der Waals surface area contributed by atoms with Gasteiger partial charge < -0.3 is 9.40 Å². The van der Waals surface area contributed by atoms with E-state index in [0.717, 1.165) is 0 Å². The van der Waals surface area contributed by atoms with Gasteiger partial charge in [-0.2, -0.15) is 0 Å². The summed E-state index contributed by atoms with van der Waals surface area (Å²) in [6, 6.07) is 3.44. The summed E-state index contributed by atoms with van der Waals surface area (Å²) in [5.74, 6) is 0.707. The highest BCUT2D eigenvalue weighted by Crippen LogP contribution is 2.31. The lowest BCUT2D eigenvalue weighted by molar-refractivity contribution is 0.577. The van der Waals surface area contributed by atoms with Gasteiger partial charge in [-0.3, -0.25) is 9.78 Å². The molecule has 0 bridgehead atoms. The van der Waals surface area contributed by atoms with Crippen LogP contribution in [0.1, 0.15) is 5.76 Å². The largest absolute Gasteiger partial charge is 0.460 e. The van der Waals surface area contributed by atoms with Crippen LogP contribution < -0.4 is 11.2 Å². The summed E-state index contributed by atoms with van der Waals surface area (Å²) < 4.78 is 6.20. The number of aryl methyl sites for hydroxylation is 1. The smallest absolute Gasteiger partial charge is 0.326 e. The van der Waals surface area contributed by atoms with E-state index in [1.807, 2.05) is 0 Å². The molecule has 5 nitrogen and oxygen atoms in total. The van der Waals surface area contributed by atoms with Crippen molar-refractivity contribution in [2.24, 2.45) is 0 Å². The number of hydrogen-bond donors (Lipinski definition) is 2. The minimum Gasteiger partial charge on any atom is -0.460 e. The van der Waals surface area contributed by atoms with Gasteiger partial charge in [-0.1, -0.05) is 0 Å². The lowest BCUT2D eigenvalue weighted by atomic mass is 10.1. The summed E-state index contributed by atoms with van der Waals surface area (Å²) in [6.07, 6.45) is 0. The minimum atomic E-state index is -0.519. The van der Waals surface area contributed by atoms with Crippen LogP contribution in [0.15, 0.2) is 30.6 Å². The number of hydrogen-bond acceptors (Lipinski definition) is 3. The van der Waals surface area contributed by atoms with E-state index in [1.54, 1.807) is 19.1 Å². The zero-order valence-corrected chi connectivity index (χ0v) is 10.3. The SMILES string of the molecule is Cc1cc2c(o1)c(Br)cc1[nH]c(=O)[nH]c(=O)c12. The Morgan fingerprint density at radius 3 is 2.76 bits per heavy atom. The molecule has 0 unspecified atom stereocenters. The maximum atomic E-state index is 11.8. The normalized spacial score (nSPS) is 11.4. The van der Waals surface area contributed by atoms with Gasteiger partial charge in [-0.15, -0.1) is 0 Å². The number of furan rings is 1. The molecule has 17 heavy (non-hydrogen) atoms. The highest BCUT2D eigenvalue weighted by molar-refractivity contribution is 9.10. The second kappa shape index (κ2) is 3.33. The Kier molecular flexibility index (Phi) is 2.03. The third-order valence-electron chi connectivity index (χ3n) is 2.58. The second-order valence-electron chi connectivity index (χ2n) is 3.79. The maximum Gasteiger partial charge on any atom is 0.326 e. The van der Waals surface area contributed by atoms with Crippen LogP contribution in [0.2, 0.25) is 0 Å². The van der Waals surface area contributed by atoms with E-state index in [2.05, 4.69) is 25.9 Å². The molecule has 0 amide bonds. The van der Waals surface area contributed by atoms with E-state index in [4.69, 9.17) is 4.42 Å². The fourth-order valence-electron chi connectivity index (χ4n) is 1.95. The Labute approximate surface area is 103 Å². The van der Waals surface area contributed by atoms with E-state index < -0.39 is 11.2 Å². The van der Waals surface area contributed by atoms with Crippen LogP contribution >= 0.6 is 15.9 Å². The molecule has 0 aliphatic heterocycles. The Bertz CT molecular complexity index is 857. The van der Waals surface area contributed by atoms with E-state index >= 15 is 0 Å². The van der Waals surface area contributed by atoms with Crippen molar-refractivity contribution in [3.05, 3.63) is 43.2 Å². The number of rotatable bonds is 0. The van der Waals surface area contributed by atoms with E-state index in [1.165, 1.54) is 0 Å². The van der Waals surface area contributed by atoms with Gasteiger partial charge in [0.05, 0.1) is 15.4 Å². The molecular formula is C11H7BrN2O3. The van der Waals surface area contributed by atoms with Crippen molar-refractivity contribution >= 4 is 37.8 Å². The molecule has 2 heterocycles. The Morgan fingerprint density at radius 1 is 1.24 bits per heavy atom. The molecule has 0 fully saturated rings. The average Bonchev–Trinajstić information content (AvgIpc) is 2.58. The average molecular weight is 295 g/mol. The molecule has 0 spiro atoms. The summed E-state index contributed by atoms with van der Waals surface area (Å²) in [4.78, 5) is 27.8. The molecule has 0 aliphatic rings. The Balaban J connectivity index is 2.72. The van der Waals surface area contributed by atoms with Gasteiger partial charge in [-0.05, 0) is 35.0 Å². The molecule has 2 aromatic heterocycles. The lowest BCUT2D eigenvalue weighted by Gasteiger charge is -1.99. The Morgan fingerprint density at radius 2 is 2.00 bits per heavy atom. The molecule has 0 radical (unpaired) electrons. The summed E-state index contributed by atoms with van der Waals surface area (Å²) in [7, 11) is 0. The van der Waals surface area contributed by atoms with Gasteiger partial charge in [0.25, 0.3) is 5.56 Å². The van der Waals surface area contributed by atoms with Gasteiger partial charge in [0, 0.05) is 5.39 Å². The van der Waals surface area contributed by atoms with Crippen LogP contribution in [0.5, 0.6) is 0 Å². The van der Waals surface area contributed by atoms with E-state index in [9.17, 15) is 9.59 Å². The fourth-order valence-corrected chi connectivity index (χ4v) is 2.47. The number of benzene rings is 1. The molecule has 0 aliphatic carbocycles. The summed E-state index contributed by atoms with van der Waals surface area (Å²) >= 11 is 3.35. The first-order chi connectivity index (χ1) is 8.06. The monoisotopic (exact) mass is 294 g/mol. The molecule has 1 aromatic carbocycles. The predicted octanol–water partition coefficient (Wildman–Crippen LogP) is 2.03. The van der Waals surface area contributed by atoms with Crippen molar-refractivity contribution < 1.29 is 4.42 Å². The number of aromatic nitrogens is 2.